The number of hydrogen-bond acceptors (Lipinski definition) is 6. The van der Waals surface area contributed by atoms with Crippen LogP contribution in [0.1, 0.15) is 37.0 Å². The van der Waals surface area contributed by atoms with Gasteiger partial charge < -0.3 is 30.2 Å². The molecule has 0 radical (unpaired) electrons. The van der Waals surface area contributed by atoms with Crippen LogP contribution in [0.2, 0.25) is 0 Å². The van der Waals surface area contributed by atoms with E-state index in [2.05, 4.69) is 10.2 Å². The average Bonchev–Trinajstić information content (AvgIpc) is 3.25. The van der Waals surface area contributed by atoms with E-state index in [4.69, 9.17) is 10.5 Å². The summed E-state index contributed by atoms with van der Waals surface area (Å²) in [5.74, 6) is -0.229. The number of ether oxygens (including phenoxy) is 1. The molecule has 3 N–H and O–H groups in total. The molecule has 3 heterocycles. The molecule has 2 aliphatic heterocycles. The Morgan fingerprint density at radius 1 is 1.28 bits per heavy atom. The third-order valence-electron chi connectivity index (χ3n) is 6.61. The molecule has 0 saturated carbocycles. The second-order valence-electron chi connectivity index (χ2n) is 9.51. The van der Waals surface area contributed by atoms with Crippen molar-refractivity contribution >= 4 is 22.5 Å². The minimum atomic E-state index is -0.564. The second kappa shape index (κ2) is 10.3. The van der Waals surface area contributed by atoms with Crippen molar-refractivity contribution in [1.82, 2.24) is 14.8 Å². The lowest BCUT2D eigenvalue weighted by Gasteiger charge is -2.29. The SMILES string of the molecule is C.CN(C)CCCCNC(=O)c1cn2c3c(c(N4CC[C@H](N)C4)c(F)cc3c1=O)Oc1ccccc1-2. The van der Waals surface area contributed by atoms with Crippen molar-refractivity contribution in [3.8, 4) is 17.2 Å². The molecule has 1 aromatic heterocycles. The van der Waals surface area contributed by atoms with Crippen molar-refractivity contribution in [2.45, 2.75) is 32.7 Å². The van der Waals surface area contributed by atoms with Gasteiger partial charge >= 0.3 is 0 Å². The Kier molecular flexibility index (Phi) is 7.33. The summed E-state index contributed by atoms with van der Waals surface area (Å²) in [5, 5.41) is 2.95. The van der Waals surface area contributed by atoms with Crippen molar-refractivity contribution in [2.24, 2.45) is 5.73 Å². The monoisotopic (exact) mass is 495 g/mol. The average molecular weight is 496 g/mol. The Labute approximate surface area is 210 Å². The number of fused-ring (bicyclic) bond motifs is 2. The maximum absolute atomic E-state index is 15.5. The van der Waals surface area contributed by atoms with E-state index in [-0.39, 0.29) is 30.2 Å². The number of carbonyl (C=O) groups is 1. The van der Waals surface area contributed by atoms with E-state index < -0.39 is 17.2 Å². The van der Waals surface area contributed by atoms with Crippen LogP contribution in [0.15, 0.2) is 41.3 Å². The van der Waals surface area contributed by atoms with Gasteiger partial charge in [-0.25, -0.2) is 4.39 Å². The number of para-hydroxylation sites is 2. The molecule has 2 aromatic carbocycles. The summed E-state index contributed by atoms with van der Waals surface area (Å²) in [6.45, 7) is 2.47. The first-order valence-corrected chi connectivity index (χ1v) is 12.0. The van der Waals surface area contributed by atoms with E-state index in [9.17, 15) is 9.59 Å². The van der Waals surface area contributed by atoms with E-state index in [1.807, 2.05) is 37.2 Å². The van der Waals surface area contributed by atoms with Gasteiger partial charge in [-0.05, 0) is 58.1 Å². The number of benzene rings is 2. The Hall–Kier alpha value is -3.43. The Morgan fingerprint density at radius 3 is 2.78 bits per heavy atom. The van der Waals surface area contributed by atoms with E-state index in [1.54, 1.807) is 16.8 Å². The van der Waals surface area contributed by atoms with Crippen LogP contribution in [-0.2, 0) is 0 Å². The fraction of sp³-hybridized carbons (Fsp3) is 0.407. The highest BCUT2D eigenvalue weighted by Crippen LogP contribution is 2.46. The smallest absolute Gasteiger partial charge is 0.256 e. The minimum Gasteiger partial charge on any atom is -0.451 e. The molecule has 1 saturated heterocycles. The first kappa shape index (κ1) is 25.7. The molecule has 0 aliphatic carbocycles. The first-order chi connectivity index (χ1) is 16.8. The standard InChI is InChI=1S/C26H30FN5O3.CH4/c1-30(2)11-6-5-10-29-26(34)18-15-32-20-7-3-4-8-21(20)35-25-22(32)17(24(18)33)13-19(27)23(25)31-12-9-16(28)14-31;/h3-4,7-8,13,15-16H,5-6,9-12,14,28H2,1-2H3,(H,29,34);1H4/t16-;/m0./s1. The summed E-state index contributed by atoms with van der Waals surface area (Å²) in [6, 6.07) is 8.49. The van der Waals surface area contributed by atoms with Crippen LogP contribution in [0, 0.1) is 5.82 Å². The summed E-state index contributed by atoms with van der Waals surface area (Å²) < 4.78 is 23.5. The molecule has 9 heteroatoms. The molecule has 5 rings (SSSR count). The van der Waals surface area contributed by atoms with Crippen LogP contribution in [0.4, 0.5) is 10.1 Å². The summed E-state index contributed by atoms with van der Waals surface area (Å²) in [4.78, 5) is 30.4. The molecule has 1 fully saturated rings. The maximum atomic E-state index is 15.5. The molecule has 1 atom stereocenters. The van der Waals surface area contributed by atoms with Crippen molar-refractivity contribution < 1.29 is 13.9 Å². The molecular weight excluding hydrogens is 461 g/mol. The highest BCUT2D eigenvalue weighted by molar-refractivity contribution is 6.01. The fourth-order valence-corrected chi connectivity index (χ4v) is 4.85. The van der Waals surface area contributed by atoms with Gasteiger partial charge in [-0.15, -0.1) is 0 Å². The molecule has 0 unspecified atom stereocenters. The Balaban J connectivity index is 0.00000304. The van der Waals surface area contributed by atoms with Gasteiger partial charge in [-0.2, -0.15) is 0 Å². The fourth-order valence-electron chi connectivity index (χ4n) is 4.85. The minimum absolute atomic E-state index is 0. The predicted octanol–water partition coefficient (Wildman–Crippen LogP) is 3.48. The van der Waals surface area contributed by atoms with E-state index in [0.29, 0.717) is 42.3 Å². The lowest BCUT2D eigenvalue weighted by molar-refractivity contribution is 0.0951. The number of unbranched alkanes of at least 4 members (excludes halogenated alkanes) is 1. The lowest BCUT2D eigenvalue weighted by Crippen LogP contribution is -2.32. The van der Waals surface area contributed by atoms with Gasteiger partial charge in [-0.1, -0.05) is 19.6 Å². The van der Waals surface area contributed by atoms with Gasteiger partial charge in [0.05, 0.1) is 11.1 Å². The van der Waals surface area contributed by atoms with Crippen LogP contribution < -0.4 is 26.1 Å². The van der Waals surface area contributed by atoms with Crippen LogP contribution in [-0.4, -0.2) is 61.7 Å². The number of pyridine rings is 1. The number of nitrogens with one attached hydrogen (secondary N) is 1. The largest absolute Gasteiger partial charge is 0.451 e. The topological polar surface area (TPSA) is 92.8 Å². The van der Waals surface area contributed by atoms with Crippen LogP contribution >= 0.6 is 0 Å². The van der Waals surface area contributed by atoms with Crippen molar-refractivity contribution in [3.05, 3.63) is 58.1 Å². The third-order valence-corrected chi connectivity index (χ3v) is 6.61. The molecule has 8 nitrogen and oxygen atoms in total. The summed E-state index contributed by atoms with van der Waals surface area (Å²) in [7, 11) is 4.00. The van der Waals surface area contributed by atoms with Crippen molar-refractivity contribution in [2.75, 3.05) is 45.2 Å². The number of anilines is 1. The third kappa shape index (κ3) is 4.56. The van der Waals surface area contributed by atoms with Crippen LogP contribution in [0.5, 0.6) is 11.5 Å². The Morgan fingerprint density at radius 2 is 2.06 bits per heavy atom. The van der Waals surface area contributed by atoms with Gasteiger partial charge in [0.1, 0.15) is 16.8 Å². The number of hydrogen-bond donors (Lipinski definition) is 2. The number of aromatic nitrogens is 1. The molecule has 36 heavy (non-hydrogen) atoms. The van der Waals surface area contributed by atoms with Crippen molar-refractivity contribution in [3.63, 3.8) is 0 Å². The number of amides is 1. The highest BCUT2D eigenvalue weighted by atomic mass is 19.1. The van der Waals surface area contributed by atoms with Gasteiger partial charge in [0.2, 0.25) is 5.43 Å². The summed E-state index contributed by atoms with van der Waals surface area (Å²) >= 11 is 0. The lowest BCUT2D eigenvalue weighted by atomic mass is 10.1. The molecule has 192 valence electrons. The van der Waals surface area contributed by atoms with Gasteiger partial charge in [0, 0.05) is 31.9 Å². The highest BCUT2D eigenvalue weighted by Gasteiger charge is 2.32. The molecule has 2 aliphatic rings. The Bertz CT molecular complexity index is 1350. The summed E-state index contributed by atoms with van der Waals surface area (Å²) in [6.07, 6.45) is 4.01. The number of carbonyl (C=O) groups excluding carboxylic acids is 1. The van der Waals surface area contributed by atoms with Crippen LogP contribution in [0.3, 0.4) is 0 Å². The molecule has 1 amide bonds. The molecule has 0 spiro atoms. The first-order valence-electron chi connectivity index (χ1n) is 12.0. The number of rotatable bonds is 7. The molecule has 0 bridgehead atoms. The molecule has 3 aromatic rings. The number of halogens is 1. The van der Waals surface area contributed by atoms with E-state index >= 15 is 4.39 Å². The normalized spacial score (nSPS) is 16.0. The molecular formula is C27H34FN5O3. The van der Waals surface area contributed by atoms with Crippen LogP contribution in [0.25, 0.3) is 16.6 Å². The number of nitrogens with two attached hydrogens (primary N) is 1. The number of nitrogens with zero attached hydrogens (tertiary/aromatic N) is 3. The predicted molar refractivity (Wildman–Crippen MR) is 141 cm³/mol. The zero-order valence-corrected chi connectivity index (χ0v) is 20.0. The zero-order chi connectivity index (χ0) is 24.7. The summed E-state index contributed by atoms with van der Waals surface area (Å²) in [5.41, 5.74) is 6.97. The maximum Gasteiger partial charge on any atom is 0.256 e. The second-order valence-corrected chi connectivity index (χ2v) is 9.51. The van der Waals surface area contributed by atoms with Gasteiger partial charge in [-0.3, -0.25) is 9.59 Å². The van der Waals surface area contributed by atoms with Crippen molar-refractivity contribution in [1.29, 1.82) is 0 Å². The quantitative estimate of drug-likeness (QED) is 0.382. The van der Waals surface area contributed by atoms with Gasteiger partial charge in [0.15, 0.2) is 17.3 Å². The van der Waals surface area contributed by atoms with Gasteiger partial charge in [0.25, 0.3) is 5.91 Å². The zero-order valence-electron chi connectivity index (χ0n) is 20.0. The van der Waals surface area contributed by atoms with E-state index in [0.717, 1.165) is 25.8 Å². The van der Waals surface area contributed by atoms with E-state index in [1.165, 1.54) is 6.07 Å².